The summed E-state index contributed by atoms with van der Waals surface area (Å²) in [4.78, 5) is 0. The molecule has 0 fully saturated rings. The highest BCUT2D eigenvalue weighted by Gasteiger charge is 2.14. The van der Waals surface area contributed by atoms with E-state index in [-0.39, 0.29) is 5.54 Å². The number of hydrogen-bond acceptors (Lipinski definition) is 3. The summed E-state index contributed by atoms with van der Waals surface area (Å²) in [5.41, 5.74) is 3.42. The predicted octanol–water partition coefficient (Wildman–Crippen LogP) is 2.30. The van der Waals surface area contributed by atoms with Crippen LogP contribution < -0.4 is 5.32 Å². The minimum absolute atomic E-state index is 0.0316. The largest absolute Gasteiger partial charge is 0.391 e. The van der Waals surface area contributed by atoms with Gasteiger partial charge in [0.25, 0.3) is 0 Å². The Morgan fingerprint density at radius 1 is 1.20 bits per heavy atom. The van der Waals surface area contributed by atoms with Crippen molar-refractivity contribution >= 4 is 10.8 Å². The molecule has 0 aliphatic rings. The molecule has 1 aromatic carbocycles. The molecule has 0 heterocycles. The van der Waals surface area contributed by atoms with Crippen molar-refractivity contribution in [3.8, 4) is 0 Å². The summed E-state index contributed by atoms with van der Waals surface area (Å²) in [6.45, 7) is 10.7. The van der Waals surface area contributed by atoms with Crippen LogP contribution in [-0.4, -0.2) is 33.3 Å². The summed E-state index contributed by atoms with van der Waals surface area (Å²) in [6, 6.07) is 6.23. The highest BCUT2D eigenvalue weighted by molar-refractivity contribution is 7.84. The van der Waals surface area contributed by atoms with Gasteiger partial charge < -0.3 is 10.4 Å². The molecule has 0 saturated carbocycles. The molecule has 0 aliphatic carbocycles. The third kappa shape index (κ3) is 7.17. The Morgan fingerprint density at radius 3 is 2.25 bits per heavy atom. The number of aryl methyl sites for hydroxylation is 2. The summed E-state index contributed by atoms with van der Waals surface area (Å²) in [5.74, 6) is 0.825. The number of rotatable bonds is 6. The highest BCUT2D eigenvalue weighted by Crippen LogP contribution is 2.11. The highest BCUT2D eigenvalue weighted by atomic mass is 32.2. The lowest BCUT2D eigenvalue weighted by atomic mass is 10.1. The zero-order valence-electron chi connectivity index (χ0n) is 13.2. The summed E-state index contributed by atoms with van der Waals surface area (Å²) >= 11 is 0. The molecule has 0 radical (unpaired) electrons. The zero-order chi connectivity index (χ0) is 15.3. The maximum absolute atomic E-state index is 12.1. The predicted molar refractivity (Wildman–Crippen MR) is 86.4 cm³/mol. The Morgan fingerprint density at radius 2 is 1.75 bits per heavy atom. The molecule has 0 amide bonds. The van der Waals surface area contributed by atoms with E-state index in [1.165, 1.54) is 11.1 Å². The van der Waals surface area contributed by atoms with Gasteiger partial charge in [0.2, 0.25) is 0 Å². The summed E-state index contributed by atoms with van der Waals surface area (Å²) < 4.78 is 12.1. The molecule has 0 aliphatic heterocycles. The Balaban J connectivity index is 2.47. The number of benzene rings is 1. The van der Waals surface area contributed by atoms with Crippen molar-refractivity contribution in [2.75, 3.05) is 12.3 Å². The Labute approximate surface area is 125 Å². The number of hydrogen-bond donors (Lipinski definition) is 2. The summed E-state index contributed by atoms with van der Waals surface area (Å²) in [6.07, 6.45) is -0.569. The van der Waals surface area contributed by atoms with Gasteiger partial charge in [-0.05, 0) is 40.2 Å². The smallest absolute Gasteiger partial charge is 0.0779 e. The molecule has 0 saturated heterocycles. The lowest BCUT2D eigenvalue weighted by Gasteiger charge is -2.22. The van der Waals surface area contributed by atoms with Crippen LogP contribution in [-0.2, 0) is 16.6 Å². The van der Waals surface area contributed by atoms with Crippen molar-refractivity contribution in [1.82, 2.24) is 5.32 Å². The van der Waals surface area contributed by atoms with Gasteiger partial charge in [-0.1, -0.05) is 29.3 Å². The van der Waals surface area contributed by atoms with Crippen LogP contribution in [0, 0.1) is 13.8 Å². The third-order valence-electron chi connectivity index (χ3n) is 2.86. The van der Waals surface area contributed by atoms with Gasteiger partial charge >= 0.3 is 0 Å². The topological polar surface area (TPSA) is 49.3 Å². The molecular formula is C16H27NO2S. The molecule has 3 nitrogen and oxygen atoms in total. The number of β-amino-alcohol motifs (C(OH)–C–C–N with tert-alkyl or cyclic N) is 1. The van der Waals surface area contributed by atoms with Crippen molar-refractivity contribution < 1.29 is 9.32 Å². The summed E-state index contributed by atoms with van der Waals surface area (Å²) in [7, 11) is -1.04. The monoisotopic (exact) mass is 297 g/mol. The first-order chi connectivity index (χ1) is 9.15. The van der Waals surface area contributed by atoms with E-state index < -0.39 is 16.9 Å². The lowest BCUT2D eigenvalue weighted by Crippen LogP contribution is -2.42. The molecule has 2 unspecified atom stereocenters. The minimum Gasteiger partial charge on any atom is -0.391 e. The molecule has 1 aromatic rings. The van der Waals surface area contributed by atoms with Gasteiger partial charge in [0.15, 0.2) is 0 Å². The van der Waals surface area contributed by atoms with Crippen molar-refractivity contribution in [2.24, 2.45) is 0 Å². The van der Waals surface area contributed by atoms with Crippen molar-refractivity contribution in [3.05, 3.63) is 34.9 Å². The van der Waals surface area contributed by atoms with Crippen LogP contribution in [0.5, 0.6) is 0 Å². The standard InChI is InChI=1S/C16H27NO2S/c1-12-6-13(2)8-14(7-12)10-20(19)11-15(18)9-17-16(3,4)5/h6-8,15,17-18H,9-11H2,1-5H3. The van der Waals surface area contributed by atoms with Crippen LogP contribution in [0.15, 0.2) is 18.2 Å². The third-order valence-corrected chi connectivity index (χ3v) is 4.27. The van der Waals surface area contributed by atoms with E-state index in [0.29, 0.717) is 18.1 Å². The molecule has 0 aromatic heterocycles. The van der Waals surface area contributed by atoms with Crippen LogP contribution in [0.1, 0.15) is 37.5 Å². The molecule has 0 bridgehead atoms. The second-order valence-electron chi connectivity index (χ2n) is 6.53. The van der Waals surface area contributed by atoms with Crippen LogP contribution in [0.25, 0.3) is 0 Å². The van der Waals surface area contributed by atoms with Gasteiger partial charge in [0.1, 0.15) is 0 Å². The Kier molecular flexibility index (Phi) is 6.37. The van der Waals surface area contributed by atoms with E-state index >= 15 is 0 Å². The van der Waals surface area contributed by atoms with E-state index in [0.717, 1.165) is 5.56 Å². The van der Waals surface area contributed by atoms with Gasteiger partial charge in [0.05, 0.1) is 11.9 Å². The fraction of sp³-hybridized carbons (Fsp3) is 0.625. The number of nitrogens with one attached hydrogen (secondary N) is 1. The first kappa shape index (κ1) is 17.3. The quantitative estimate of drug-likeness (QED) is 0.847. The molecule has 114 valence electrons. The SMILES string of the molecule is Cc1cc(C)cc(CS(=O)CC(O)CNC(C)(C)C)c1. The van der Waals surface area contributed by atoms with Gasteiger partial charge in [-0.15, -0.1) is 0 Å². The molecule has 4 heteroatoms. The van der Waals surface area contributed by atoms with Crippen LogP contribution in [0.4, 0.5) is 0 Å². The first-order valence-corrected chi connectivity index (χ1v) is 8.50. The van der Waals surface area contributed by atoms with Gasteiger partial charge in [-0.25, -0.2) is 0 Å². The summed E-state index contributed by atoms with van der Waals surface area (Å²) in [5, 5.41) is 13.1. The molecular weight excluding hydrogens is 270 g/mol. The molecule has 0 spiro atoms. The Hall–Kier alpha value is -0.710. The van der Waals surface area contributed by atoms with Crippen LogP contribution in [0.3, 0.4) is 0 Å². The second kappa shape index (κ2) is 7.34. The van der Waals surface area contributed by atoms with Crippen molar-refractivity contribution in [3.63, 3.8) is 0 Å². The van der Waals surface area contributed by atoms with E-state index in [2.05, 4.69) is 23.5 Å². The maximum atomic E-state index is 12.1. The van der Waals surface area contributed by atoms with E-state index in [1.54, 1.807) is 0 Å². The van der Waals surface area contributed by atoms with Gasteiger partial charge in [-0.3, -0.25) is 4.21 Å². The van der Waals surface area contributed by atoms with Crippen LogP contribution >= 0.6 is 0 Å². The second-order valence-corrected chi connectivity index (χ2v) is 8.03. The molecule has 20 heavy (non-hydrogen) atoms. The molecule has 2 N–H and O–H groups in total. The van der Waals surface area contributed by atoms with Gasteiger partial charge in [0, 0.05) is 28.6 Å². The lowest BCUT2D eigenvalue weighted by molar-refractivity contribution is 0.182. The zero-order valence-corrected chi connectivity index (χ0v) is 14.0. The van der Waals surface area contributed by atoms with Gasteiger partial charge in [-0.2, -0.15) is 0 Å². The normalized spacial score (nSPS) is 15.1. The molecule has 1 rings (SSSR count). The first-order valence-electron chi connectivity index (χ1n) is 7.01. The number of aliphatic hydroxyl groups is 1. The van der Waals surface area contributed by atoms with Crippen molar-refractivity contribution in [1.29, 1.82) is 0 Å². The van der Waals surface area contributed by atoms with Crippen LogP contribution in [0.2, 0.25) is 0 Å². The maximum Gasteiger partial charge on any atom is 0.0779 e. The van der Waals surface area contributed by atoms with E-state index in [4.69, 9.17) is 0 Å². The van der Waals surface area contributed by atoms with E-state index in [9.17, 15) is 9.32 Å². The fourth-order valence-corrected chi connectivity index (χ4v) is 3.30. The molecule has 2 atom stereocenters. The number of aliphatic hydroxyl groups excluding tert-OH is 1. The average Bonchev–Trinajstić information content (AvgIpc) is 2.23. The average molecular weight is 297 g/mol. The minimum atomic E-state index is -1.04. The van der Waals surface area contributed by atoms with E-state index in [1.807, 2.05) is 34.6 Å². The Bertz CT molecular complexity index is 446. The van der Waals surface area contributed by atoms with Crippen molar-refractivity contribution in [2.45, 2.75) is 52.0 Å². The fourth-order valence-electron chi connectivity index (χ4n) is 2.09.